The highest BCUT2D eigenvalue weighted by molar-refractivity contribution is 6.33. The molecule has 0 atom stereocenters. The molecule has 2 amide bonds. The fourth-order valence-corrected chi connectivity index (χ4v) is 0.203. The Balaban J connectivity index is 0. The molecule has 0 aliphatic carbocycles. The minimum atomic E-state index is -1.10. The first-order valence-corrected chi connectivity index (χ1v) is 3.14. The van der Waals surface area contributed by atoms with Crippen molar-refractivity contribution in [3.05, 3.63) is 0 Å². The van der Waals surface area contributed by atoms with Gasteiger partial charge in [-0.15, -0.1) is 0 Å². The van der Waals surface area contributed by atoms with Crippen molar-refractivity contribution in [1.82, 2.24) is 0 Å². The molecule has 0 saturated heterocycles. The number of ether oxygens (including phenoxy) is 1. The summed E-state index contributed by atoms with van der Waals surface area (Å²) < 4.78 is 4.40. The predicted molar refractivity (Wildman–Crippen MR) is 40.7 cm³/mol. The van der Waals surface area contributed by atoms with Crippen molar-refractivity contribution in [2.75, 3.05) is 6.61 Å². The van der Waals surface area contributed by atoms with Gasteiger partial charge in [-0.3, -0.25) is 14.4 Å². The SMILES string of the molecule is CCOC(C)=O.NC(=O)C(N)=O. The maximum atomic E-state index is 9.82. The van der Waals surface area contributed by atoms with Crippen molar-refractivity contribution in [3.8, 4) is 0 Å². The van der Waals surface area contributed by atoms with E-state index >= 15 is 0 Å². The first-order chi connectivity index (χ1) is 5.41. The molecule has 6 nitrogen and oxygen atoms in total. The normalized spacial score (nSPS) is 7.50. The Morgan fingerprint density at radius 3 is 1.50 bits per heavy atom. The van der Waals surface area contributed by atoms with Gasteiger partial charge in [0.1, 0.15) is 0 Å². The first-order valence-electron chi connectivity index (χ1n) is 3.14. The van der Waals surface area contributed by atoms with E-state index in [-0.39, 0.29) is 5.97 Å². The Bertz CT molecular complexity index is 166. The van der Waals surface area contributed by atoms with Crippen LogP contribution >= 0.6 is 0 Å². The second-order valence-corrected chi connectivity index (χ2v) is 1.65. The lowest BCUT2D eigenvalue weighted by Gasteiger charge is -1.89. The van der Waals surface area contributed by atoms with E-state index in [1.807, 2.05) is 0 Å². The van der Waals surface area contributed by atoms with Crippen LogP contribution in [0, 0.1) is 0 Å². The van der Waals surface area contributed by atoms with Crippen molar-refractivity contribution in [2.45, 2.75) is 13.8 Å². The molecule has 0 aliphatic heterocycles. The van der Waals surface area contributed by atoms with Crippen LogP contribution < -0.4 is 11.5 Å². The molecule has 4 N–H and O–H groups in total. The number of hydrogen-bond donors (Lipinski definition) is 2. The highest BCUT2D eigenvalue weighted by atomic mass is 16.5. The monoisotopic (exact) mass is 176 g/mol. The fourth-order valence-electron chi connectivity index (χ4n) is 0.203. The number of nitrogens with two attached hydrogens (primary N) is 2. The highest BCUT2D eigenvalue weighted by Crippen LogP contribution is 1.69. The van der Waals surface area contributed by atoms with Gasteiger partial charge in [0.05, 0.1) is 6.61 Å². The Morgan fingerprint density at radius 1 is 1.17 bits per heavy atom. The molecule has 0 fully saturated rings. The maximum absolute atomic E-state index is 9.82. The predicted octanol–water partition coefficient (Wildman–Crippen LogP) is -1.47. The van der Waals surface area contributed by atoms with E-state index in [1.54, 1.807) is 6.92 Å². The molecule has 0 heterocycles. The topological polar surface area (TPSA) is 112 Å². The lowest BCUT2D eigenvalue weighted by atomic mass is 10.6. The molecule has 0 saturated carbocycles. The third-order valence-electron chi connectivity index (χ3n) is 0.590. The highest BCUT2D eigenvalue weighted by Gasteiger charge is 1.96. The van der Waals surface area contributed by atoms with Gasteiger partial charge >= 0.3 is 17.8 Å². The average Bonchev–Trinajstić information content (AvgIpc) is 1.87. The standard InChI is InChI=1S/C4H8O2.C2H4N2O2/c1-3-6-4(2)5;3-1(5)2(4)6/h3H2,1-2H3;(H2,3,5)(H2,4,6). The third-order valence-corrected chi connectivity index (χ3v) is 0.590. The van der Waals surface area contributed by atoms with E-state index in [0.717, 1.165) is 0 Å². The average molecular weight is 176 g/mol. The zero-order chi connectivity index (χ0) is 10.1. The maximum Gasteiger partial charge on any atom is 0.306 e. The lowest BCUT2D eigenvalue weighted by molar-refractivity contribution is -0.140. The van der Waals surface area contributed by atoms with Gasteiger partial charge in [-0.25, -0.2) is 0 Å². The van der Waals surface area contributed by atoms with Crippen LogP contribution in [-0.2, 0) is 19.1 Å². The minimum Gasteiger partial charge on any atom is -0.466 e. The Morgan fingerprint density at radius 2 is 1.50 bits per heavy atom. The van der Waals surface area contributed by atoms with E-state index in [0.29, 0.717) is 6.61 Å². The van der Waals surface area contributed by atoms with Crippen molar-refractivity contribution < 1.29 is 19.1 Å². The molecular weight excluding hydrogens is 164 g/mol. The fraction of sp³-hybridized carbons (Fsp3) is 0.500. The van der Waals surface area contributed by atoms with Crippen molar-refractivity contribution >= 4 is 17.8 Å². The number of carbonyl (C=O) groups excluding carboxylic acids is 3. The molecule has 0 aromatic heterocycles. The summed E-state index contributed by atoms with van der Waals surface area (Å²) in [6.07, 6.45) is 0. The van der Waals surface area contributed by atoms with Crippen LogP contribution in [0.3, 0.4) is 0 Å². The van der Waals surface area contributed by atoms with Gasteiger partial charge in [0.25, 0.3) is 0 Å². The van der Waals surface area contributed by atoms with Crippen LogP contribution in [0.1, 0.15) is 13.8 Å². The van der Waals surface area contributed by atoms with Crippen LogP contribution in [0.25, 0.3) is 0 Å². The van der Waals surface area contributed by atoms with Gasteiger partial charge in [0.2, 0.25) is 0 Å². The number of primary amides is 2. The number of carbonyl (C=O) groups is 3. The first kappa shape index (κ1) is 13.0. The third kappa shape index (κ3) is 15.8. The molecule has 0 aromatic carbocycles. The molecule has 0 radical (unpaired) electrons. The van der Waals surface area contributed by atoms with E-state index in [4.69, 9.17) is 0 Å². The van der Waals surface area contributed by atoms with E-state index in [2.05, 4.69) is 16.2 Å². The summed E-state index contributed by atoms with van der Waals surface area (Å²) in [6.45, 7) is 3.65. The molecule has 0 aliphatic rings. The smallest absolute Gasteiger partial charge is 0.306 e. The van der Waals surface area contributed by atoms with E-state index in [9.17, 15) is 14.4 Å². The van der Waals surface area contributed by atoms with Crippen molar-refractivity contribution in [2.24, 2.45) is 11.5 Å². The summed E-state index contributed by atoms with van der Waals surface area (Å²) in [6, 6.07) is 0. The second-order valence-electron chi connectivity index (χ2n) is 1.65. The van der Waals surface area contributed by atoms with Crippen molar-refractivity contribution in [1.29, 1.82) is 0 Å². The van der Waals surface area contributed by atoms with E-state index < -0.39 is 11.8 Å². The zero-order valence-electron chi connectivity index (χ0n) is 6.99. The molecular formula is C6H12N2O4. The number of rotatable bonds is 1. The largest absolute Gasteiger partial charge is 0.466 e. The summed E-state index contributed by atoms with van der Waals surface area (Å²) in [4.78, 5) is 28.7. The zero-order valence-corrected chi connectivity index (χ0v) is 6.99. The number of esters is 1. The van der Waals surface area contributed by atoms with Crippen LogP contribution in [0.4, 0.5) is 0 Å². The van der Waals surface area contributed by atoms with Crippen molar-refractivity contribution in [3.63, 3.8) is 0 Å². The van der Waals surface area contributed by atoms with Gasteiger partial charge < -0.3 is 16.2 Å². The van der Waals surface area contributed by atoms with Crippen LogP contribution in [0.15, 0.2) is 0 Å². The second kappa shape index (κ2) is 7.52. The molecule has 70 valence electrons. The summed E-state index contributed by atoms with van der Waals surface area (Å²) >= 11 is 0. The summed E-state index contributed by atoms with van der Waals surface area (Å²) in [7, 11) is 0. The Kier molecular flexibility index (Phi) is 8.16. The van der Waals surface area contributed by atoms with Gasteiger partial charge in [-0.2, -0.15) is 0 Å². The van der Waals surface area contributed by atoms with Gasteiger partial charge in [-0.1, -0.05) is 0 Å². The van der Waals surface area contributed by atoms with Crippen LogP contribution in [0.5, 0.6) is 0 Å². The number of hydrogen-bond acceptors (Lipinski definition) is 4. The van der Waals surface area contributed by atoms with Gasteiger partial charge in [-0.05, 0) is 6.92 Å². The number of amides is 2. The molecule has 0 bridgehead atoms. The quantitative estimate of drug-likeness (QED) is 0.375. The molecule has 0 rings (SSSR count). The molecule has 0 spiro atoms. The van der Waals surface area contributed by atoms with Gasteiger partial charge in [0, 0.05) is 6.92 Å². The van der Waals surface area contributed by atoms with Gasteiger partial charge in [0.15, 0.2) is 0 Å². The minimum absolute atomic E-state index is 0.211. The van der Waals surface area contributed by atoms with Crippen LogP contribution in [0.2, 0.25) is 0 Å². The van der Waals surface area contributed by atoms with Crippen LogP contribution in [-0.4, -0.2) is 24.4 Å². The Hall–Kier alpha value is -1.59. The molecule has 6 heteroatoms. The lowest BCUT2D eigenvalue weighted by Crippen LogP contribution is -2.29. The molecule has 12 heavy (non-hydrogen) atoms. The summed E-state index contributed by atoms with van der Waals surface area (Å²) in [5.41, 5.74) is 8.64. The van der Waals surface area contributed by atoms with E-state index in [1.165, 1.54) is 6.92 Å². The molecule has 0 aromatic rings. The Labute approximate surface area is 69.8 Å². The molecule has 0 unspecified atom stereocenters. The summed E-state index contributed by atoms with van der Waals surface area (Å²) in [5, 5.41) is 0. The summed E-state index contributed by atoms with van der Waals surface area (Å²) in [5.74, 6) is -2.41.